The lowest BCUT2D eigenvalue weighted by molar-refractivity contribution is -0.929. The van der Waals surface area contributed by atoms with Crippen molar-refractivity contribution in [2.24, 2.45) is 0 Å². The zero-order valence-electron chi connectivity index (χ0n) is 24.2. The van der Waals surface area contributed by atoms with Gasteiger partial charge >= 0.3 is 0 Å². The van der Waals surface area contributed by atoms with E-state index in [0.717, 1.165) is 18.7 Å². The molecular weight excluding hydrogens is 490 g/mol. The second-order valence-electron chi connectivity index (χ2n) is 10.7. The molecule has 0 bridgehead atoms. The van der Waals surface area contributed by atoms with Gasteiger partial charge in [-0.15, -0.1) is 5.10 Å². The molecule has 0 amide bonds. The van der Waals surface area contributed by atoms with Crippen molar-refractivity contribution in [3.63, 3.8) is 0 Å². The molecule has 0 aliphatic heterocycles. The van der Waals surface area contributed by atoms with Crippen LogP contribution in [0.25, 0.3) is 0 Å². The van der Waals surface area contributed by atoms with Gasteiger partial charge in [-0.2, -0.15) is 0 Å². The van der Waals surface area contributed by atoms with Crippen LogP contribution in [0.1, 0.15) is 136 Å². The molecule has 1 fully saturated rings. The van der Waals surface area contributed by atoms with Crippen molar-refractivity contribution in [2.75, 3.05) is 32.8 Å². The molecule has 1 saturated carbocycles. The smallest absolute Gasteiger partial charge is 0.217 e. The van der Waals surface area contributed by atoms with Gasteiger partial charge in [0.15, 0.2) is 5.82 Å². The maximum absolute atomic E-state index is 10.3. The molecule has 1 aromatic rings. The molecule has 0 N–H and O–H groups in total. The van der Waals surface area contributed by atoms with Crippen LogP contribution in [0.4, 0.5) is 0 Å². The number of hydrogen-bond acceptors (Lipinski definition) is 7. The Kier molecular flexibility index (Phi) is 18.2. The van der Waals surface area contributed by atoms with Crippen molar-refractivity contribution in [1.29, 1.82) is 0 Å². The lowest BCUT2D eigenvalue weighted by Gasteiger charge is -2.39. The average Bonchev–Trinajstić information content (AvgIpc) is 3.36. The minimum absolute atomic E-state index is 0.0865. The molecule has 9 nitrogen and oxygen atoms in total. The van der Waals surface area contributed by atoms with Gasteiger partial charge in [-0.1, -0.05) is 72.6 Å². The van der Waals surface area contributed by atoms with Crippen LogP contribution >= 0.6 is 0 Å². The first-order valence-corrected chi connectivity index (χ1v) is 16.4. The standard InChI is InChI=1S/C16H36N.C11H20N4O4S/c1-5-9-13-17(14-10-6-2,15-11-7-3)16-12-8-4;16-20(17,18)19-9-5-4-8-11-12-13-14-15(11)10-6-2-1-3-7-10/h5-16H2,1-4H3;10H,1-9H2,(H,16,17,18)/q+1;/p-1. The zero-order chi connectivity index (χ0) is 27.4. The largest absolute Gasteiger partial charge is 0.726 e. The summed E-state index contributed by atoms with van der Waals surface area (Å²) in [4.78, 5) is 0. The van der Waals surface area contributed by atoms with Crippen LogP contribution in [0.15, 0.2) is 0 Å². The van der Waals surface area contributed by atoms with Crippen molar-refractivity contribution in [2.45, 2.75) is 136 Å². The fraction of sp³-hybridized carbons (Fsp3) is 0.963. The summed E-state index contributed by atoms with van der Waals surface area (Å²) in [5, 5.41) is 11.8. The second-order valence-corrected chi connectivity index (χ2v) is 11.7. The number of aromatic nitrogens is 4. The third-order valence-corrected chi connectivity index (χ3v) is 7.90. The first-order valence-electron chi connectivity index (χ1n) is 15.0. The predicted octanol–water partition coefficient (Wildman–Crippen LogP) is 5.98. The molecular formula is C27H55N5O4S. The van der Waals surface area contributed by atoms with Crippen LogP contribution in [-0.4, -0.2) is 70.4 Å². The maximum atomic E-state index is 10.3. The molecule has 1 aliphatic rings. The molecule has 0 aromatic carbocycles. The molecule has 1 heterocycles. The van der Waals surface area contributed by atoms with E-state index in [1.54, 1.807) is 0 Å². The van der Waals surface area contributed by atoms with E-state index in [4.69, 9.17) is 0 Å². The highest BCUT2D eigenvalue weighted by atomic mass is 32.3. The van der Waals surface area contributed by atoms with E-state index < -0.39 is 10.4 Å². The average molecular weight is 546 g/mol. The van der Waals surface area contributed by atoms with Crippen molar-refractivity contribution in [3.8, 4) is 0 Å². The number of rotatable bonds is 19. The molecule has 0 spiro atoms. The van der Waals surface area contributed by atoms with Crippen LogP contribution < -0.4 is 0 Å². The molecule has 10 heteroatoms. The lowest BCUT2D eigenvalue weighted by atomic mass is 9.95. The van der Waals surface area contributed by atoms with Gasteiger partial charge in [0.2, 0.25) is 10.4 Å². The van der Waals surface area contributed by atoms with Gasteiger partial charge in [0.05, 0.1) is 38.8 Å². The SMILES string of the molecule is CCCC[N+](CCCC)(CCCC)CCCC.O=S(=O)([O-])OCCCCc1nnnn1C1CCCCC1. The summed E-state index contributed by atoms with van der Waals surface area (Å²) in [6.07, 6.45) is 18.8. The van der Waals surface area contributed by atoms with Crippen molar-refractivity contribution in [1.82, 2.24) is 20.2 Å². The van der Waals surface area contributed by atoms with Gasteiger partial charge in [0, 0.05) is 6.42 Å². The molecule has 218 valence electrons. The van der Waals surface area contributed by atoms with E-state index in [-0.39, 0.29) is 6.61 Å². The van der Waals surface area contributed by atoms with Crippen LogP contribution in [0.3, 0.4) is 0 Å². The molecule has 37 heavy (non-hydrogen) atoms. The van der Waals surface area contributed by atoms with Gasteiger partial charge in [-0.05, 0) is 61.8 Å². The fourth-order valence-corrected chi connectivity index (χ4v) is 5.50. The summed E-state index contributed by atoms with van der Waals surface area (Å²) in [5.41, 5.74) is 0. The lowest BCUT2D eigenvalue weighted by Crippen LogP contribution is -2.50. The predicted molar refractivity (Wildman–Crippen MR) is 148 cm³/mol. The fourth-order valence-electron chi connectivity index (χ4n) is 5.18. The van der Waals surface area contributed by atoms with E-state index in [0.29, 0.717) is 25.3 Å². The third-order valence-electron chi connectivity index (χ3n) is 7.45. The molecule has 0 atom stereocenters. The first-order chi connectivity index (χ1) is 17.8. The number of unbranched alkanes of at least 4 members (excludes halogenated alkanes) is 5. The van der Waals surface area contributed by atoms with Crippen LogP contribution in [0.2, 0.25) is 0 Å². The van der Waals surface area contributed by atoms with E-state index in [1.165, 1.54) is 101 Å². The summed E-state index contributed by atoms with van der Waals surface area (Å²) in [7, 11) is -4.58. The Morgan fingerprint density at radius 1 is 0.838 bits per heavy atom. The van der Waals surface area contributed by atoms with Gasteiger partial charge in [0.25, 0.3) is 0 Å². The Morgan fingerprint density at radius 2 is 1.35 bits per heavy atom. The molecule has 1 aliphatic carbocycles. The third kappa shape index (κ3) is 15.2. The van der Waals surface area contributed by atoms with E-state index in [9.17, 15) is 13.0 Å². The molecule has 0 saturated heterocycles. The summed E-state index contributed by atoms with van der Waals surface area (Å²) >= 11 is 0. The van der Waals surface area contributed by atoms with Crippen molar-refractivity contribution >= 4 is 10.4 Å². The maximum Gasteiger partial charge on any atom is 0.217 e. The number of hydrogen-bond donors (Lipinski definition) is 0. The first kappa shape index (κ1) is 33.9. The van der Waals surface area contributed by atoms with Crippen LogP contribution in [-0.2, 0) is 21.0 Å². The van der Waals surface area contributed by atoms with Crippen molar-refractivity contribution < 1.29 is 21.6 Å². The van der Waals surface area contributed by atoms with Crippen LogP contribution in [0.5, 0.6) is 0 Å². The normalized spacial score (nSPS) is 14.9. The molecule has 0 unspecified atom stereocenters. The number of quaternary nitrogens is 1. The number of tetrazole rings is 1. The quantitative estimate of drug-likeness (QED) is 0.0910. The summed E-state index contributed by atoms with van der Waals surface area (Å²) < 4.78 is 38.3. The van der Waals surface area contributed by atoms with Gasteiger partial charge in [-0.3, -0.25) is 4.18 Å². The summed E-state index contributed by atoms with van der Waals surface area (Å²) in [5.74, 6) is 0.821. The van der Waals surface area contributed by atoms with Crippen molar-refractivity contribution in [3.05, 3.63) is 5.82 Å². The zero-order valence-corrected chi connectivity index (χ0v) is 25.0. The van der Waals surface area contributed by atoms with Gasteiger partial charge in [-0.25, -0.2) is 13.1 Å². The van der Waals surface area contributed by atoms with E-state index in [1.807, 2.05) is 4.68 Å². The monoisotopic (exact) mass is 545 g/mol. The Morgan fingerprint density at radius 3 is 1.81 bits per heavy atom. The molecule has 1 aromatic heterocycles. The Balaban J connectivity index is 0.000000377. The Hall–Kier alpha value is -1.10. The minimum Gasteiger partial charge on any atom is -0.726 e. The summed E-state index contributed by atoms with van der Waals surface area (Å²) in [6.45, 7) is 14.9. The number of nitrogens with zero attached hydrogens (tertiary/aromatic N) is 5. The van der Waals surface area contributed by atoms with Gasteiger partial charge in [0.1, 0.15) is 0 Å². The highest BCUT2D eigenvalue weighted by molar-refractivity contribution is 7.80. The van der Waals surface area contributed by atoms with Gasteiger partial charge < -0.3 is 9.04 Å². The molecule has 2 rings (SSSR count). The topological polar surface area (TPSA) is 110 Å². The van der Waals surface area contributed by atoms with E-state index >= 15 is 0 Å². The minimum atomic E-state index is -4.58. The highest BCUT2D eigenvalue weighted by Crippen LogP contribution is 2.28. The Labute approximate surface area is 227 Å². The second kappa shape index (κ2) is 19.9. The summed E-state index contributed by atoms with van der Waals surface area (Å²) in [6, 6.07) is 0.381. The van der Waals surface area contributed by atoms with Crippen LogP contribution in [0, 0.1) is 0 Å². The Bertz CT molecular complexity index is 744. The molecule has 0 radical (unpaired) electrons. The highest BCUT2D eigenvalue weighted by Gasteiger charge is 2.24. The van der Waals surface area contributed by atoms with E-state index in [2.05, 4.69) is 47.4 Å². The number of aryl methyl sites for hydroxylation is 1.